The largest absolute Gasteiger partial charge is 0.349 e. The third-order valence-corrected chi connectivity index (χ3v) is 6.56. The molecule has 1 aliphatic heterocycles. The molecular weight excluding hydrogens is 348 g/mol. The van der Waals surface area contributed by atoms with Crippen LogP contribution in [0.25, 0.3) is 0 Å². The van der Waals surface area contributed by atoms with E-state index in [1.807, 2.05) is 49.3 Å². The van der Waals surface area contributed by atoms with Crippen molar-refractivity contribution in [2.45, 2.75) is 37.0 Å². The van der Waals surface area contributed by atoms with Gasteiger partial charge in [0, 0.05) is 39.2 Å². The first-order chi connectivity index (χ1) is 13.5. The van der Waals surface area contributed by atoms with Gasteiger partial charge in [0.25, 0.3) is 5.91 Å². The van der Waals surface area contributed by atoms with Crippen LogP contribution in [-0.4, -0.2) is 48.8 Å². The Morgan fingerprint density at radius 1 is 1.00 bits per heavy atom. The molecule has 0 aromatic heterocycles. The van der Waals surface area contributed by atoms with Crippen LogP contribution in [0.5, 0.6) is 0 Å². The van der Waals surface area contributed by atoms with E-state index in [0.29, 0.717) is 6.42 Å². The molecule has 4 nitrogen and oxygen atoms in total. The Bertz CT molecular complexity index is 867. The molecule has 146 valence electrons. The summed E-state index contributed by atoms with van der Waals surface area (Å²) < 4.78 is 0. The first-order valence-electron chi connectivity index (χ1n) is 10.1. The van der Waals surface area contributed by atoms with E-state index in [2.05, 4.69) is 24.3 Å². The van der Waals surface area contributed by atoms with E-state index < -0.39 is 0 Å². The van der Waals surface area contributed by atoms with E-state index in [1.165, 1.54) is 11.1 Å². The van der Waals surface area contributed by atoms with E-state index in [1.54, 1.807) is 4.90 Å². The zero-order valence-electron chi connectivity index (χ0n) is 16.7. The van der Waals surface area contributed by atoms with Crippen molar-refractivity contribution >= 4 is 11.8 Å². The van der Waals surface area contributed by atoms with Crippen LogP contribution >= 0.6 is 0 Å². The Labute approximate surface area is 167 Å². The lowest BCUT2D eigenvalue weighted by molar-refractivity contribution is -0.129. The van der Waals surface area contributed by atoms with Gasteiger partial charge in [-0.05, 0) is 53.9 Å². The third-order valence-electron chi connectivity index (χ3n) is 6.56. The van der Waals surface area contributed by atoms with Gasteiger partial charge in [-0.3, -0.25) is 9.59 Å². The first kappa shape index (κ1) is 18.7. The Hall–Kier alpha value is -2.62. The van der Waals surface area contributed by atoms with E-state index in [4.69, 9.17) is 0 Å². The van der Waals surface area contributed by atoms with Crippen LogP contribution in [0.2, 0.25) is 0 Å². The monoisotopic (exact) mass is 376 g/mol. The van der Waals surface area contributed by atoms with Crippen LogP contribution in [0.4, 0.5) is 0 Å². The number of amides is 2. The Morgan fingerprint density at radius 2 is 1.64 bits per heavy atom. The van der Waals surface area contributed by atoms with Crippen molar-refractivity contribution in [2.24, 2.45) is 0 Å². The van der Waals surface area contributed by atoms with E-state index in [9.17, 15) is 9.59 Å². The number of rotatable bonds is 3. The van der Waals surface area contributed by atoms with E-state index in [-0.39, 0.29) is 23.1 Å². The highest BCUT2D eigenvalue weighted by Crippen LogP contribution is 2.52. The van der Waals surface area contributed by atoms with Crippen molar-refractivity contribution in [1.29, 1.82) is 0 Å². The highest BCUT2D eigenvalue weighted by molar-refractivity contribution is 5.94. The number of benzene rings is 2. The lowest BCUT2D eigenvalue weighted by Gasteiger charge is -2.40. The fourth-order valence-electron chi connectivity index (χ4n) is 4.98. The summed E-state index contributed by atoms with van der Waals surface area (Å²) in [5.74, 6) is 0.595. The summed E-state index contributed by atoms with van der Waals surface area (Å²) >= 11 is 0. The number of piperidine rings is 1. The van der Waals surface area contributed by atoms with Gasteiger partial charge in [-0.15, -0.1) is 0 Å². The number of likely N-dealkylation sites (tertiary alicyclic amines) is 1. The van der Waals surface area contributed by atoms with Crippen LogP contribution in [0.1, 0.15) is 53.1 Å². The van der Waals surface area contributed by atoms with Crippen LogP contribution < -0.4 is 0 Å². The van der Waals surface area contributed by atoms with Crippen LogP contribution in [0.3, 0.4) is 0 Å². The van der Waals surface area contributed by atoms with Gasteiger partial charge in [0.1, 0.15) is 0 Å². The molecule has 1 aliphatic carbocycles. The summed E-state index contributed by atoms with van der Waals surface area (Å²) in [6, 6.07) is 18.2. The molecule has 4 rings (SSSR count). The minimum absolute atomic E-state index is 0.0985. The average molecular weight is 377 g/mol. The summed E-state index contributed by atoms with van der Waals surface area (Å²) in [6.07, 6.45) is 3.52. The standard InChI is InChI=1S/C24H28N2O2/c1-25(2)22(27)16-19-17-24(21-11-7-6-10-20(19)21)12-14-26(15-13-24)23(28)18-8-4-3-5-9-18/h3-11,19H,12-17H2,1-2H3/t19-/m1/s1. The molecule has 0 radical (unpaired) electrons. The zero-order valence-corrected chi connectivity index (χ0v) is 16.7. The molecule has 0 bridgehead atoms. The molecule has 1 atom stereocenters. The molecule has 0 N–H and O–H groups in total. The van der Waals surface area contributed by atoms with Gasteiger partial charge in [0.2, 0.25) is 5.91 Å². The molecule has 28 heavy (non-hydrogen) atoms. The Balaban J connectivity index is 1.52. The lowest BCUT2D eigenvalue weighted by Crippen LogP contribution is -2.44. The van der Waals surface area contributed by atoms with Crippen LogP contribution in [0.15, 0.2) is 54.6 Å². The van der Waals surface area contributed by atoms with Gasteiger partial charge < -0.3 is 9.80 Å². The minimum Gasteiger partial charge on any atom is -0.349 e. The molecule has 0 unspecified atom stereocenters. The van der Waals surface area contributed by atoms with Gasteiger partial charge >= 0.3 is 0 Å². The molecule has 1 saturated heterocycles. The molecule has 2 aromatic rings. The molecule has 1 spiro atoms. The van der Waals surface area contributed by atoms with Crippen molar-refractivity contribution in [3.8, 4) is 0 Å². The molecule has 0 saturated carbocycles. The number of fused-ring (bicyclic) bond motifs is 2. The average Bonchev–Trinajstić information content (AvgIpc) is 3.02. The fraction of sp³-hybridized carbons (Fsp3) is 0.417. The molecule has 2 aliphatic rings. The summed E-state index contributed by atoms with van der Waals surface area (Å²) in [6.45, 7) is 1.55. The normalized spacial score (nSPS) is 20.1. The molecule has 1 fully saturated rings. The SMILES string of the molecule is CN(C)C(=O)C[C@@H]1CC2(CCN(C(=O)c3ccccc3)CC2)c2ccccc21. The van der Waals surface area contributed by atoms with Crippen molar-refractivity contribution in [2.75, 3.05) is 27.2 Å². The first-order valence-corrected chi connectivity index (χ1v) is 10.1. The summed E-state index contributed by atoms with van der Waals surface area (Å²) in [5, 5.41) is 0. The van der Waals surface area contributed by atoms with Gasteiger partial charge in [-0.25, -0.2) is 0 Å². The van der Waals surface area contributed by atoms with E-state index >= 15 is 0 Å². The lowest BCUT2D eigenvalue weighted by atomic mass is 9.73. The summed E-state index contributed by atoms with van der Waals surface area (Å²) in [7, 11) is 3.65. The predicted molar refractivity (Wildman–Crippen MR) is 110 cm³/mol. The number of nitrogens with zero attached hydrogens (tertiary/aromatic N) is 2. The molecule has 4 heteroatoms. The van der Waals surface area contributed by atoms with Crippen molar-refractivity contribution in [3.63, 3.8) is 0 Å². The highest BCUT2D eigenvalue weighted by Gasteiger charge is 2.46. The topological polar surface area (TPSA) is 40.6 Å². The van der Waals surface area contributed by atoms with Gasteiger partial charge in [-0.1, -0.05) is 42.5 Å². The van der Waals surface area contributed by atoms with Crippen molar-refractivity contribution in [3.05, 3.63) is 71.3 Å². The second-order valence-corrected chi connectivity index (χ2v) is 8.42. The highest BCUT2D eigenvalue weighted by atomic mass is 16.2. The van der Waals surface area contributed by atoms with Gasteiger partial charge in [0.05, 0.1) is 0 Å². The second-order valence-electron chi connectivity index (χ2n) is 8.42. The number of carbonyl (C=O) groups is 2. The van der Waals surface area contributed by atoms with Gasteiger partial charge in [0.15, 0.2) is 0 Å². The molecule has 2 aromatic carbocycles. The maximum absolute atomic E-state index is 12.8. The maximum atomic E-state index is 12.8. The van der Waals surface area contributed by atoms with Crippen LogP contribution in [0, 0.1) is 0 Å². The quantitative estimate of drug-likeness (QED) is 0.817. The van der Waals surface area contributed by atoms with Crippen molar-refractivity contribution in [1.82, 2.24) is 9.80 Å². The van der Waals surface area contributed by atoms with Crippen LogP contribution in [-0.2, 0) is 10.2 Å². The molecule has 1 heterocycles. The zero-order chi connectivity index (χ0) is 19.7. The second kappa shape index (κ2) is 7.42. The number of hydrogen-bond donors (Lipinski definition) is 0. The van der Waals surface area contributed by atoms with E-state index in [0.717, 1.165) is 37.9 Å². The number of carbonyl (C=O) groups excluding carboxylic acids is 2. The third kappa shape index (κ3) is 3.32. The fourth-order valence-corrected chi connectivity index (χ4v) is 4.98. The summed E-state index contributed by atoms with van der Waals surface area (Å²) in [5.41, 5.74) is 3.60. The van der Waals surface area contributed by atoms with Crippen molar-refractivity contribution < 1.29 is 9.59 Å². The minimum atomic E-state index is 0.0985. The summed E-state index contributed by atoms with van der Waals surface area (Å²) in [4.78, 5) is 28.8. The molecule has 2 amide bonds. The number of hydrogen-bond acceptors (Lipinski definition) is 2. The Morgan fingerprint density at radius 3 is 2.32 bits per heavy atom. The van der Waals surface area contributed by atoms with Gasteiger partial charge in [-0.2, -0.15) is 0 Å². The maximum Gasteiger partial charge on any atom is 0.253 e. The predicted octanol–water partition coefficient (Wildman–Crippen LogP) is 3.83. The smallest absolute Gasteiger partial charge is 0.253 e. The molecular formula is C24H28N2O2. The Kier molecular flexibility index (Phi) is 4.96.